The maximum Gasteiger partial charge on any atom is 0.319 e. The maximum absolute atomic E-state index is 13.5. The molecule has 1 aliphatic carbocycles. The third-order valence-corrected chi connectivity index (χ3v) is 8.06. The minimum absolute atomic E-state index is 0.123. The Balaban J connectivity index is 1.14. The van der Waals surface area contributed by atoms with Gasteiger partial charge >= 0.3 is 6.03 Å². The molecule has 2 N–H and O–H groups in total. The van der Waals surface area contributed by atoms with E-state index in [1.807, 2.05) is 54.3 Å². The number of benzene rings is 2. The molecule has 7 nitrogen and oxygen atoms in total. The van der Waals surface area contributed by atoms with Crippen LogP contribution in [0.2, 0.25) is 0 Å². The molecule has 36 heavy (non-hydrogen) atoms. The van der Waals surface area contributed by atoms with Gasteiger partial charge in [0.2, 0.25) is 0 Å². The highest BCUT2D eigenvalue weighted by Gasteiger charge is 2.30. The van der Waals surface area contributed by atoms with Gasteiger partial charge < -0.3 is 20.4 Å². The molecule has 192 valence electrons. The summed E-state index contributed by atoms with van der Waals surface area (Å²) in [6, 6.07) is 16.5. The predicted molar refractivity (Wildman–Crippen MR) is 145 cm³/mol. The molecule has 2 aliphatic heterocycles. The third kappa shape index (κ3) is 5.84. The molecular formula is C29H39N5O2. The first-order chi connectivity index (χ1) is 17.6. The number of nitrogens with one attached hydrogen (secondary N) is 2. The molecule has 7 heteroatoms. The minimum Gasteiger partial charge on any atom is -0.371 e. The maximum atomic E-state index is 13.5. The zero-order chi connectivity index (χ0) is 24.9. The number of para-hydroxylation sites is 1. The molecule has 5 rings (SSSR count). The summed E-state index contributed by atoms with van der Waals surface area (Å²) in [5, 5.41) is 6.04. The zero-order valence-corrected chi connectivity index (χ0v) is 21.4. The van der Waals surface area contributed by atoms with Gasteiger partial charge in [0.25, 0.3) is 5.91 Å². The largest absolute Gasteiger partial charge is 0.371 e. The zero-order valence-electron chi connectivity index (χ0n) is 21.4. The lowest BCUT2D eigenvalue weighted by Gasteiger charge is -2.39. The summed E-state index contributed by atoms with van der Waals surface area (Å²) in [7, 11) is 0. The molecule has 0 unspecified atom stereocenters. The van der Waals surface area contributed by atoms with Crippen LogP contribution in [0, 0.1) is 6.92 Å². The molecule has 0 bridgehead atoms. The van der Waals surface area contributed by atoms with Crippen molar-refractivity contribution in [3.8, 4) is 0 Å². The van der Waals surface area contributed by atoms with E-state index in [0.29, 0.717) is 0 Å². The Morgan fingerprint density at radius 1 is 0.806 bits per heavy atom. The van der Waals surface area contributed by atoms with Crippen molar-refractivity contribution >= 4 is 23.3 Å². The molecule has 0 radical (unpaired) electrons. The van der Waals surface area contributed by atoms with Crippen molar-refractivity contribution in [1.82, 2.24) is 15.1 Å². The highest BCUT2D eigenvalue weighted by atomic mass is 16.2. The van der Waals surface area contributed by atoms with Gasteiger partial charge in [0.1, 0.15) is 0 Å². The Morgan fingerprint density at radius 3 is 2.17 bits per heavy atom. The standard InChI is InChI=1S/C29H39N5O2/c1-22-10-12-23(13-11-22)30-29(36)31-24-14-16-33(17-15-24)27-9-5-4-8-26(27)28(35)34-20-18-32(19-21-34)25-6-2-3-7-25/h4-5,8-13,24-25H,2-3,6-7,14-21H2,1H3,(H2,30,31,36). The highest BCUT2D eigenvalue weighted by molar-refractivity contribution is 6.00. The number of carbonyl (C=O) groups excluding carboxylic acids is 2. The van der Waals surface area contributed by atoms with E-state index in [-0.39, 0.29) is 18.0 Å². The van der Waals surface area contributed by atoms with E-state index in [2.05, 4.69) is 26.5 Å². The molecule has 0 aromatic heterocycles. The summed E-state index contributed by atoms with van der Waals surface area (Å²) in [5.41, 5.74) is 3.78. The molecule has 2 aromatic rings. The summed E-state index contributed by atoms with van der Waals surface area (Å²) < 4.78 is 0. The minimum atomic E-state index is -0.162. The molecule has 1 saturated carbocycles. The summed E-state index contributed by atoms with van der Waals surface area (Å²) in [6.45, 7) is 7.25. The summed E-state index contributed by atoms with van der Waals surface area (Å²) in [6.07, 6.45) is 7.03. The number of carbonyl (C=O) groups is 2. The number of urea groups is 1. The Morgan fingerprint density at radius 2 is 1.47 bits per heavy atom. The fourth-order valence-electron chi connectivity index (χ4n) is 5.91. The van der Waals surface area contributed by atoms with E-state index in [9.17, 15) is 9.59 Å². The quantitative estimate of drug-likeness (QED) is 0.650. The molecule has 3 fully saturated rings. The first-order valence-corrected chi connectivity index (χ1v) is 13.6. The number of piperazine rings is 1. The van der Waals surface area contributed by atoms with E-state index in [1.54, 1.807) is 0 Å². The van der Waals surface area contributed by atoms with Gasteiger partial charge in [-0.05, 0) is 56.9 Å². The highest BCUT2D eigenvalue weighted by Crippen LogP contribution is 2.28. The van der Waals surface area contributed by atoms with Crippen molar-refractivity contribution < 1.29 is 9.59 Å². The van der Waals surface area contributed by atoms with Crippen LogP contribution in [0.4, 0.5) is 16.2 Å². The monoisotopic (exact) mass is 489 g/mol. The number of aryl methyl sites for hydroxylation is 1. The smallest absolute Gasteiger partial charge is 0.319 e. The number of piperidine rings is 1. The summed E-state index contributed by atoms with van der Waals surface area (Å²) in [4.78, 5) is 32.9. The number of hydrogen-bond donors (Lipinski definition) is 2. The van der Waals surface area contributed by atoms with Gasteiger partial charge in [0.15, 0.2) is 0 Å². The van der Waals surface area contributed by atoms with Gasteiger partial charge in [-0.25, -0.2) is 4.79 Å². The molecule has 2 saturated heterocycles. The van der Waals surface area contributed by atoms with E-state index >= 15 is 0 Å². The predicted octanol–water partition coefficient (Wildman–Crippen LogP) is 4.49. The lowest BCUT2D eigenvalue weighted by molar-refractivity contribution is 0.0574. The topological polar surface area (TPSA) is 67.9 Å². The van der Waals surface area contributed by atoms with Crippen LogP contribution in [0.15, 0.2) is 48.5 Å². The Labute approximate surface area is 214 Å². The lowest BCUT2D eigenvalue weighted by atomic mass is 10.0. The fourth-order valence-corrected chi connectivity index (χ4v) is 5.91. The van der Waals surface area contributed by atoms with Crippen LogP contribution < -0.4 is 15.5 Å². The molecular weight excluding hydrogens is 450 g/mol. The Hall–Kier alpha value is -3.06. The van der Waals surface area contributed by atoms with Crippen molar-refractivity contribution in [2.24, 2.45) is 0 Å². The molecule has 3 aliphatic rings. The van der Waals surface area contributed by atoms with Gasteiger partial charge in [0.05, 0.1) is 5.56 Å². The number of hydrogen-bond acceptors (Lipinski definition) is 4. The number of amides is 3. The van der Waals surface area contributed by atoms with Crippen molar-refractivity contribution in [3.05, 3.63) is 59.7 Å². The number of rotatable bonds is 5. The van der Waals surface area contributed by atoms with Gasteiger partial charge in [-0.15, -0.1) is 0 Å². The SMILES string of the molecule is Cc1ccc(NC(=O)NC2CCN(c3ccccc3C(=O)N3CCN(C4CCCC4)CC3)CC2)cc1. The normalized spacial score (nSPS) is 19.9. The van der Waals surface area contributed by atoms with Gasteiger partial charge in [-0.2, -0.15) is 0 Å². The number of anilines is 2. The first kappa shape index (κ1) is 24.6. The molecule has 2 heterocycles. The molecule has 3 amide bonds. The van der Waals surface area contributed by atoms with Gasteiger partial charge in [-0.3, -0.25) is 9.69 Å². The van der Waals surface area contributed by atoms with Crippen LogP contribution in [-0.4, -0.2) is 73.1 Å². The van der Waals surface area contributed by atoms with E-state index in [4.69, 9.17) is 0 Å². The van der Waals surface area contributed by atoms with Crippen LogP contribution in [0.25, 0.3) is 0 Å². The van der Waals surface area contributed by atoms with Crippen molar-refractivity contribution in [2.45, 2.75) is 57.5 Å². The Kier molecular flexibility index (Phi) is 7.75. The van der Waals surface area contributed by atoms with Crippen molar-refractivity contribution in [3.63, 3.8) is 0 Å². The number of nitrogens with zero attached hydrogens (tertiary/aromatic N) is 3. The molecule has 0 atom stereocenters. The average Bonchev–Trinajstić information content (AvgIpc) is 3.45. The van der Waals surface area contributed by atoms with Crippen molar-refractivity contribution in [2.75, 3.05) is 49.5 Å². The second-order valence-corrected chi connectivity index (χ2v) is 10.5. The summed E-state index contributed by atoms with van der Waals surface area (Å²) in [5.74, 6) is 0.148. The molecule has 0 spiro atoms. The Bertz CT molecular complexity index is 1030. The van der Waals surface area contributed by atoms with E-state index in [0.717, 1.165) is 75.1 Å². The van der Waals surface area contributed by atoms with Crippen LogP contribution in [-0.2, 0) is 0 Å². The van der Waals surface area contributed by atoms with Crippen LogP contribution in [0.5, 0.6) is 0 Å². The van der Waals surface area contributed by atoms with E-state index in [1.165, 1.54) is 31.2 Å². The second-order valence-electron chi connectivity index (χ2n) is 10.5. The molecule has 2 aromatic carbocycles. The van der Waals surface area contributed by atoms with E-state index < -0.39 is 0 Å². The van der Waals surface area contributed by atoms with Crippen LogP contribution in [0.1, 0.15) is 54.4 Å². The van der Waals surface area contributed by atoms with Crippen LogP contribution in [0.3, 0.4) is 0 Å². The van der Waals surface area contributed by atoms with Crippen molar-refractivity contribution in [1.29, 1.82) is 0 Å². The average molecular weight is 490 g/mol. The summed E-state index contributed by atoms with van der Waals surface area (Å²) >= 11 is 0. The first-order valence-electron chi connectivity index (χ1n) is 13.6. The lowest BCUT2D eigenvalue weighted by Crippen LogP contribution is -2.51. The fraction of sp³-hybridized carbons (Fsp3) is 0.517. The third-order valence-electron chi connectivity index (χ3n) is 8.06. The second kappa shape index (κ2) is 11.3. The van der Waals surface area contributed by atoms with Gasteiger partial charge in [-0.1, -0.05) is 42.7 Å². The van der Waals surface area contributed by atoms with Gasteiger partial charge in [0, 0.05) is 62.7 Å². The van der Waals surface area contributed by atoms with Crippen LogP contribution >= 0.6 is 0 Å².